The summed E-state index contributed by atoms with van der Waals surface area (Å²) in [7, 11) is -1.09. The second kappa shape index (κ2) is 6.15. The molecule has 0 saturated heterocycles. The molecule has 1 saturated carbocycles. The molecule has 0 radical (unpaired) electrons. The van der Waals surface area contributed by atoms with Crippen LogP contribution in [0.2, 0.25) is 0 Å². The number of allylic oxidation sites excluding steroid dienone is 2. The molecule has 2 aliphatic rings. The summed E-state index contributed by atoms with van der Waals surface area (Å²) in [6.45, 7) is 0. The molecule has 0 aromatic heterocycles. The Hall–Kier alpha value is -0.970. The molecule has 116 valence electrons. The van der Waals surface area contributed by atoms with Crippen molar-refractivity contribution >= 4 is 52.5 Å². The minimum Gasteiger partial charge on any atom is -0.249 e. The second-order valence-electron chi connectivity index (χ2n) is 5.75. The van der Waals surface area contributed by atoms with E-state index in [1.807, 2.05) is 24.3 Å². The monoisotopic (exact) mass is 448 g/mol. The minimum absolute atomic E-state index is 1.02. The first-order chi connectivity index (χ1) is 11.1. The summed E-state index contributed by atoms with van der Waals surface area (Å²) >= 11 is 6.95. The third kappa shape index (κ3) is 2.71. The highest BCUT2D eigenvalue weighted by Gasteiger charge is 2.35. The number of rotatable bonds is 2. The standard InChI is InChI=1S/C19H14Br2OS/c20-14-8-4-12(5-9-14)18-16-2-1-3-17(16)19(23(18)22)13-6-10-15(21)11-7-13/h4-11H,1-3H2. The van der Waals surface area contributed by atoms with Crippen molar-refractivity contribution in [1.82, 2.24) is 0 Å². The maximum Gasteiger partial charge on any atom is 0.0867 e. The van der Waals surface area contributed by atoms with Gasteiger partial charge >= 0.3 is 0 Å². The topological polar surface area (TPSA) is 17.1 Å². The fourth-order valence-corrected chi connectivity index (χ4v) is 5.67. The average molecular weight is 450 g/mol. The Balaban J connectivity index is 1.83. The van der Waals surface area contributed by atoms with Crippen molar-refractivity contribution in [1.29, 1.82) is 0 Å². The van der Waals surface area contributed by atoms with Crippen LogP contribution in [0.15, 0.2) is 68.6 Å². The van der Waals surface area contributed by atoms with Crippen LogP contribution in [-0.2, 0) is 10.8 Å². The average Bonchev–Trinajstić information content (AvgIpc) is 3.10. The molecule has 1 aliphatic heterocycles. The molecule has 2 aromatic rings. The van der Waals surface area contributed by atoms with Crippen LogP contribution in [0.1, 0.15) is 30.4 Å². The highest BCUT2D eigenvalue weighted by Crippen LogP contribution is 2.50. The lowest BCUT2D eigenvalue weighted by Gasteiger charge is -2.08. The van der Waals surface area contributed by atoms with Crippen LogP contribution < -0.4 is 0 Å². The van der Waals surface area contributed by atoms with Gasteiger partial charge in [0.1, 0.15) is 0 Å². The van der Waals surface area contributed by atoms with Crippen molar-refractivity contribution in [3.05, 3.63) is 79.7 Å². The quantitative estimate of drug-likeness (QED) is 0.527. The maximum atomic E-state index is 13.3. The van der Waals surface area contributed by atoms with E-state index >= 15 is 0 Å². The Morgan fingerprint density at radius 3 is 1.48 bits per heavy atom. The smallest absolute Gasteiger partial charge is 0.0867 e. The first-order valence-electron chi connectivity index (χ1n) is 7.55. The van der Waals surface area contributed by atoms with E-state index in [9.17, 15) is 4.21 Å². The highest BCUT2D eigenvalue weighted by molar-refractivity contribution is 9.10. The van der Waals surface area contributed by atoms with Gasteiger partial charge in [-0.1, -0.05) is 56.1 Å². The molecular formula is C19H14Br2OS. The zero-order chi connectivity index (χ0) is 16.0. The van der Waals surface area contributed by atoms with Crippen LogP contribution in [-0.4, -0.2) is 4.21 Å². The van der Waals surface area contributed by atoms with Gasteiger partial charge in [-0.05, 0) is 65.8 Å². The Kier molecular flexibility index (Phi) is 4.16. The van der Waals surface area contributed by atoms with Gasteiger partial charge in [0.25, 0.3) is 0 Å². The first kappa shape index (κ1) is 15.6. The highest BCUT2D eigenvalue weighted by atomic mass is 79.9. The zero-order valence-corrected chi connectivity index (χ0v) is 16.3. The van der Waals surface area contributed by atoms with Crippen molar-refractivity contribution < 1.29 is 4.21 Å². The predicted molar refractivity (Wildman–Crippen MR) is 104 cm³/mol. The summed E-state index contributed by atoms with van der Waals surface area (Å²) in [5, 5.41) is 0. The van der Waals surface area contributed by atoms with Crippen LogP contribution in [0.4, 0.5) is 0 Å². The Labute approximate surface area is 155 Å². The Bertz CT molecular complexity index is 790. The number of fused-ring (bicyclic) bond motifs is 1. The van der Waals surface area contributed by atoms with Crippen LogP contribution >= 0.6 is 31.9 Å². The van der Waals surface area contributed by atoms with Crippen molar-refractivity contribution in [2.75, 3.05) is 0 Å². The summed E-state index contributed by atoms with van der Waals surface area (Å²) in [5.74, 6) is 0. The number of benzene rings is 2. The second-order valence-corrected chi connectivity index (χ2v) is 8.94. The van der Waals surface area contributed by atoms with Gasteiger partial charge in [0.2, 0.25) is 0 Å². The Morgan fingerprint density at radius 2 is 1.09 bits per heavy atom. The number of halogens is 2. The van der Waals surface area contributed by atoms with Crippen LogP contribution in [0.25, 0.3) is 9.81 Å². The van der Waals surface area contributed by atoms with Gasteiger partial charge in [0.05, 0.1) is 20.6 Å². The molecule has 2 aromatic carbocycles. The van der Waals surface area contributed by atoms with Gasteiger partial charge in [-0.15, -0.1) is 0 Å². The minimum atomic E-state index is -1.09. The lowest BCUT2D eigenvalue weighted by molar-refractivity contribution is 0.694. The molecule has 4 heteroatoms. The van der Waals surface area contributed by atoms with E-state index in [0.717, 1.165) is 49.1 Å². The molecule has 0 unspecified atom stereocenters. The van der Waals surface area contributed by atoms with E-state index in [0.29, 0.717) is 0 Å². The predicted octanol–water partition coefficient (Wildman–Crippen LogP) is 6.28. The normalized spacial score (nSPS) is 18.0. The Morgan fingerprint density at radius 1 is 0.696 bits per heavy atom. The van der Waals surface area contributed by atoms with Gasteiger partial charge in [0, 0.05) is 8.95 Å². The lowest BCUT2D eigenvalue weighted by atomic mass is 10.0. The van der Waals surface area contributed by atoms with Gasteiger partial charge in [0.15, 0.2) is 0 Å². The number of hydrogen-bond acceptors (Lipinski definition) is 1. The summed E-state index contributed by atoms with van der Waals surface area (Å²) < 4.78 is 15.4. The molecule has 0 amide bonds. The molecule has 1 nitrogen and oxygen atoms in total. The third-order valence-corrected chi connectivity index (χ3v) is 7.11. The van der Waals surface area contributed by atoms with Gasteiger partial charge < -0.3 is 0 Å². The fraction of sp³-hybridized carbons (Fsp3) is 0.158. The van der Waals surface area contributed by atoms with E-state index in [1.165, 1.54) is 11.1 Å². The maximum absolute atomic E-state index is 13.3. The lowest BCUT2D eigenvalue weighted by Crippen LogP contribution is -1.96. The molecule has 4 rings (SSSR count). The van der Waals surface area contributed by atoms with Crippen molar-refractivity contribution in [3.63, 3.8) is 0 Å². The molecule has 0 atom stereocenters. The molecule has 1 fully saturated rings. The van der Waals surface area contributed by atoms with E-state index in [4.69, 9.17) is 0 Å². The molecule has 1 heterocycles. The zero-order valence-electron chi connectivity index (χ0n) is 12.3. The number of hydrogen-bond donors (Lipinski definition) is 0. The summed E-state index contributed by atoms with van der Waals surface area (Å²) in [6, 6.07) is 16.3. The van der Waals surface area contributed by atoms with Crippen molar-refractivity contribution in [2.24, 2.45) is 0 Å². The van der Waals surface area contributed by atoms with Crippen LogP contribution in [0.3, 0.4) is 0 Å². The summed E-state index contributed by atoms with van der Waals surface area (Å²) in [6.07, 6.45) is 3.22. The molecule has 1 aliphatic carbocycles. The van der Waals surface area contributed by atoms with E-state index in [-0.39, 0.29) is 0 Å². The molecule has 23 heavy (non-hydrogen) atoms. The van der Waals surface area contributed by atoms with E-state index < -0.39 is 10.8 Å². The fourth-order valence-electron chi connectivity index (χ4n) is 3.34. The third-order valence-electron chi connectivity index (χ3n) is 4.35. The van der Waals surface area contributed by atoms with Gasteiger partial charge in [-0.3, -0.25) is 0 Å². The van der Waals surface area contributed by atoms with Gasteiger partial charge in [-0.2, -0.15) is 0 Å². The van der Waals surface area contributed by atoms with Crippen LogP contribution in [0, 0.1) is 0 Å². The van der Waals surface area contributed by atoms with Crippen molar-refractivity contribution in [3.8, 4) is 0 Å². The first-order valence-corrected chi connectivity index (χ1v) is 10.3. The van der Waals surface area contributed by atoms with Crippen LogP contribution in [0.5, 0.6) is 0 Å². The summed E-state index contributed by atoms with van der Waals surface area (Å²) in [4.78, 5) is 2.03. The molecule has 0 spiro atoms. The molecular weight excluding hydrogens is 436 g/mol. The molecule has 0 N–H and O–H groups in total. The van der Waals surface area contributed by atoms with E-state index in [2.05, 4.69) is 56.1 Å². The SMILES string of the molecule is O=S1C(c2ccc(Br)cc2)=C2CCCC2=C1c1ccc(Br)cc1. The largest absolute Gasteiger partial charge is 0.249 e. The van der Waals surface area contributed by atoms with Gasteiger partial charge in [-0.25, -0.2) is 4.21 Å². The summed E-state index contributed by atoms with van der Waals surface area (Å²) in [5.41, 5.74) is 4.77. The van der Waals surface area contributed by atoms with Crippen molar-refractivity contribution in [2.45, 2.75) is 19.3 Å². The molecule has 0 bridgehead atoms. The van der Waals surface area contributed by atoms with E-state index in [1.54, 1.807) is 0 Å².